The van der Waals surface area contributed by atoms with Crippen LogP contribution in [0.15, 0.2) is 29.2 Å². The first kappa shape index (κ1) is 35.4. The van der Waals surface area contributed by atoms with E-state index < -0.39 is 27.2 Å². The topological polar surface area (TPSA) is 91.7 Å². The summed E-state index contributed by atoms with van der Waals surface area (Å²) in [5.41, 5.74) is -1.50. The molecule has 1 aromatic rings. The minimum absolute atomic E-state index is 0.00811. The monoisotopic (exact) mass is 680 g/mol. The molecule has 0 heterocycles. The lowest BCUT2D eigenvalue weighted by atomic mass is 9.41. The fraction of sp³-hybridized carbons (Fsp3) is 0.816. The van der Waals surface area contributed by atoms with Crippen molar-refractivity contribution in [3.8, 4) is 0 Å². The second-order valence-corrected chi connectivity index (χ2v) is 18.9. The summed E-state index contributed by atoms with van der Waals surface area (Å²) in [5.74, 6) is 1.71. The number of carbonyl (C=O) groups is 1. The van der Waals surface area contributed by atoms with Crippen molar-refractivity contribution in [2.24, 2.45) is 52.3 Å². The zero-order valence-electron chi connectivity index (χ0n) is 28.6. The van der Waals surface area contributed by atoms with Crippen molar-refractivity contribution >= 4 is 15.6 Å². The minimum Gasteiger partial charge on any atom is -0.393 e. The third-order valence-corrected chi connectivity index (χ3v) is 16.4. The van der Waals surface area contributed by atoms with Crippen molar-refractivity contribution in [1.82, 2.24) is 0 Å². The standard InChI is InChI=1S/C38H55F3O5S/c1-5-28-32-21-25(42)15-17-36(32,4)31-16-18-35(3)29(13-14-30(35)33(31)34(28)44)23(2)7-6-8-26(43)22-47(45,46)27-11-9-24(10-12-27)37(19-20-37)38(39,40)41/h9-12,23,25,28-34,42,44H,5-8,13-22H2,1-4H3/t23-,25-,28-,29-,30+,31+,32+,33+,34-,35-,36-/m1/s1. The van der Waals surface area contributed by atoms with E-state index in [1.807, 2.05) is 0 Å². The maximum Gasteiger partial charge on any atom is 0.398 e. The van der Waals surface area contributed by atoms with Crippen LogP contribution in [0.4, 0.5) is 13.2 Å². The fourth-order valence-electron chi connectivity index (χ4n) is 12.0. The van der Waals surface area contributed by atoms with E-state index in [4.69, 9.17) is 0 Å². The van der Waals surface area contributed by atoms with Crippen molar-refractivity contribution in [1.29, 1.82) is 0 Å². The molecule has 264 valence electrons. The van der Waals surface area contributed by atoms with Crippen molar-refractivity contribution in [3.63, 3.8) is 0 Å². The molecule has 5 fully saturated rings. The van der Waals surface area contributed by atoms with Gasteiger partial charge in [0.1, 0.15) is 11.5 Å². The van der Waals surface area contributed by atoms with Gasteiger partial charge in [0.2, 0.25) is 0 Å². The Labute approximate surface area is 279 Å². The Kier molecular flexibility index (Phi) is 9.33. The second-order valence-electron chi connectivity index (χ2n) is 16.9. The predicted molar refractivity (Wildman–Crippen MR) is 175 cm³/mol. The van der Waals surface area contributed by atoms with Gasteiger partial charge < -0.3 is 10.2 Å². The number of aliphatic hydroxyl groups is 2. The number of benzene rings is 1. The van der Waals surface area contributed by atoms with E-state index in [1.54, 1.807) is 0 Å². The van der Waals surface area contributed by atoms with Crippen molar-refractivity contribution in [2.45, 2.75) is 140 Å². The molecule has 0 bridgehead atoms. The van der Waals surface area contributed by atoms with Crippen LogP contribution in [-0.2, 0) is 20.0 Å². The number of sulfone groups is 1. The summed E-state index contributed by atoms with van der Waals surface area (Å²) in [4.78, 5) is 12.7. The first-order valence-corrected chi connectivity index (χ1v) is 19.9. The molecule has 5 nitrogen and oxygen atoms in total. The molecule has 0 saturated heterocycles. The summed E-state index contributed by atoms with van der Waals surface area (Å²) in [7, 11) is -3.94. The zero-order chi connectivity index (χ0) is 34.2. The van der Waals surface area contributed by atoms with Gasteiger partial charge in [0.15, 0.2) is 9.84 Å². The molecule has 9 heteroatoms. The van der Waals surface area contributed by atoms with Gasteiger partial charge in [0, 0.05) is 6.42 Å². The largest absolute Gasteiger partial charge is 0.398 e. The molecule has 0 amide bonds. The van der Waals surface area contributed by atoms with Crippen LogP contribution in [0.3, 0.4) is 0 Å². The number of hydrogen-bond donors (Lipinski definition) is 2. The Bertz CT molecular complexity index is 1420. The van der Waals surface area contributed by atoms with Gasteiger partial charge in [-0.15, -0.1) is 0 Å². The molecular weight excluding hydrogens is 625 g/mol. The summed E-state index contributed by atoms with van der Waals surface area (Å²) in [6.07, 6.45) is 4.81. The molecule has 2 N–H and O–H groups in total. The van der Waals surface area contributed by atoms with Crippen LogP contribution in [0.2, 0.25) is 0 Å². The number of rotatable bonds is 10. The average Bonchev–Trinajstić information content (AvgIpc) is 3.75. The number of aliphatic hydroxyl groups excluding tert-OH is 2. The Morgan fingerprint density at radius 2 is 1.57 bits per heavy atom. The van der Waals surface area contributed by atoms with E-state index in [-0.39, 0.29) is 70.4 Å². The second kappa shape index (κ2) is 12.4. The number of alkyl halides is 3. The minimum atomic E-state index is -4.37. The Morgan fingerprint density at radius 3 is 2.19 bits per heavy atom. The Hall–Kier alpha value is -1.45. The average molecular weight is 681 g/mol. The Morgan fingerprint density at radius 1 is 0.936 bits per heavy atom. The number of ketones is 1. The van der Waals surface area contributed by atoms with Crippen LogP contribution in [0.25, 0.3) is 0 Å². The molecular formula is C38H55F3O5S. The van der Waals surface area contributed by atoms with Gasteiger partial charge in [0.05, 0.1) is 22.5 Å². The number of hydrogen-bond acceptors (Lipinski definition) is 5. The summed E-state index contributed by atoms with van der Waals surface area (Å²) in [5, 5.41) is 22.5. The third kappa shape index (κ3) is 5.94. The summed E-state index contributed by atoms with van der Waals surface area (Å²) >= 11 is 0. The van der Waals surface area contributed by atoms with E-state index in [2.05, 4.69) is 27.7 Å². The quantitative estimate of drug-likeness (QED) is 0.261. The SMILES string of the molecule is CC[C@H]1[C@@H](O)[C@@H]2[C@H](CC[C@]3(C)[C@@H]([C@H](C)CCCC(=O)CS(=O)(=O)c4ccc(C5(C(F)(F)F)CC5)cc4)CC[C@@H]23)[C@@]2(C)CC[C@@H](O)C[C@@H]12. The van der Waals surface area contributed by atoms with E-state index in [9.17, 15) is 36.6 Å². The summed E-state index contributed by atoms with van der Waals surface area (Å²) in [6.45, 7) is 9.36. The highest BCUT2D eigenvalue weighted by atomic mass is 32.2. The molecule has 5 aliphatic carbocycles. The van der Waals surface area contributed by atoms with Crippen LogP contribution in [0.5, 0.6) is 0 Å². The molecule has 47 heavy (non-hydrogen) atoms. The first-order valence-electron chi connectivity index (χ1n) is 18.3. The maximum absolute atomic E-state index is 13.5. The highest BCUT2D eigenvalue weighted by Crippen LogP contribution is 2.69. The van der Waals surface area contributed by atoms with Crippen molar-refractivity contribution in [3.05, 3.63) is 29.8 Å². The lowest BCUT2D eigenvalue weighted by Gasteiger charge is -2.64. The molecule has 0 unspecified atom stereocenters. The molecule has 5 saturated carbocycles. The van der Waals surface area contributed by atoms with Crippen LogP contribution < -0.4 is 0 Å². The molecule has 11 atom stereocenters. The molecule has 1 aromatic carbocycles. The summed E-state index contributed by atoms with van der Waals surface area (Å²) in [6, 6.07) is 4.91. The molecule has 0 spiro atoms. The molecule has 0 aromatic heterocycles. The highest BCUT2D eigenvalue weighted by molar-refractivity contribution is 7.92. The number of carbonyl (C=O) groups excluding carboxylic acids is 1. The van der Waals surface area contributed by atoms with E-state index in [0.717, 1.165) is 57.8 Å². The third-order valence-electron chi connectivity index (χ3n) is 14.7. The van der Waals surface area contributed by atoms with E-state index >= 15 is 0 Å². The van der Waals surface area contributed by atoms with E-state index in [1.165, 1.54) is 24.3 Å². The van der Waals surface area contributed by atoms with Gasteiger partial charge in [0.25, 0.3) is 0 Å². The van der Waals surface area contributed by atoms with Gasteiger partial charge in [-0.3, -0.25) is 4.79 Å². The zero-order valence-corrected chi connectivity index (χ0v) is 29.4. The van der Waals surface area contributed by atoms with Gasteiger partial charge in [-0.1, -0.05) is 52.7 Å². The van der Waals surface area contributed by atoms with E-state index in [0.29, 0.717) is 36.0 Å². The van der Waals surface area contributed by atoms with Gasteiger partial charge in [-0.25, -0.2) is 8.42 Å². The lowest BCUT2D eigenvalue weighted by Crippen LogP contribution is -2.62. The van der Waals surface area contributed by atoms with Gasteiger partial charge >= 0.3 is 6.18 Å². The molecule has 0 aliphatic heterocycles. The van der Waals surface area contributed by atoms with Crippen LogP contribution in [0, 0.1) is 52.3 Å². The van der Waals surface area contributed by atoms with Gasteiger partial charge in [-0.05, 0) is 134 Å². The predicted octanol–water partition coefficient (Wildman–Crippen LogP) is 8.06. The van der Waals surface area contributed by atoms with Crippen molar-refractivity contribution in [2.75, 3.05) is 5.75 Å². The molecule has 5 aliphatic rings. The smallest absolute Gasteiger partial charge is 0.393 e. The summed E-state index contributed by atoms with van der Waals surface area (Å²) < 4.78 is 66.3. The molecule has 0 radical (unpaired) electrons. The van der Waals surface area contributed by atoms with Gasteiger partial charge in [-0.2, -0.15) is 13.2 Å². The maximum atomic E-state index is 13.5. The van der Waals surface area contributed by atoms with Crippen LogP contribution in [-0.4, -0.2) is 48.6 Å². The molecule has 6 rings (SSSR count). The normalized spacial score (nSPS) is 40.2. The van der Waals surface area contributed by atoms with Crippen LogP contribution in [0.1, 0.15) is 117 Å². The fourth-order valence-corrected chi connectivity index (χ4v) is 13.3. The number of Topliss-reactive ketones (excluding diaryl/α,β-unsaturated/α-hetero) is 1. The number of fused-ring (bicyclic) bond motifs is 5. The number of halogens is 3. The lowest BCUT2D eigenvalue weighted by molar-refractivity contribution is -0.203. The Balaban J connectivity index is 1.05. The van der Waals surface area contributed by atoms with Crippen LogP contribution >= 0.6 is 0 Å². The highest BCUT2D eigenvalue weighted by Gasteiger charge is 2.65. The van der Waals surface area contributed by atoms with Crippen molar-refractivity contribution < 1.29 is 36.6 Å². The first-order chi connectivity index (χ1) is 22.0.